The van der Waals surface area contributed by atoms with Crippen molar-refractivity contribution >= 4 is 45.9 Å². The monoisotopic (exact) mass is 235 g/mol. The van der Waals surface area contributed by atoms with E-state index in [4.69, 9.17) is 23.2 Å². The Hall–Kier alpha value is -0.160. The van der Waals surface area contributed by atoms with Gasteiger partial charge < -0.3 is 0 Å². The van der Waals surface area contributed by atoms with Gasteiger partial charge in [0, 0.05) is 6.20 Å². The first-order valence-corrected chi connectivity index (χ1v) is 5.30. The predicted octanol–water partition coefficient (Wildman–Crippen LogP) is 3.37. The van der Waals surface area contributed by atoms with Gasteiger partial charge in [-0.1, -0.05) is 23.2 Å². The number of halogens is 2. The van der Waals surface area contributed by atoms with Crippen molar-refractivity contribution < 1.29 is 0 Å². The first-order chi connectivity index (χ1) is 5.77. The molecule has 2 aromatic heterocycles. The smallest absolute Gasteiger partial charge is 0.184 e. The van der Waals surface area contributed by atoms with Gasteiger partial charge in [-0.2, -0.15) is 0 Å². The zero-order chi connectivity index (χ0) is 8.55. The molecule has 0 spiro atoms. The van der Waals surface area contributed by atoms with Gasteiger partial charge in [0.2, 0.25) is 0 Å². The molecule has 0 aliphatic carbocycles. The van der Waals surface area contributed by atoms with Crippen molar-refractivity contribution in [1.29, 1.82) is 0 Å². The Kier molecular flexibility index (Phi) is 2.32. The van der Waals surface area contributed by atoms with Crippen molar-refractivity contribution in [3.63, 3.8) is 0 Å². The number of hydrogen-bond donors (Lipinski definition) is 0. The van der Waals surface area contributed by atoms with Crippen molar-refractivity contribution in [2.75, 3.05) is 0 Å². The molecule has 1 radical (unpaired) electrons. The number of thiazole rings is 2. The van der Waals surface area contributed by atoms with Crippen LogP contribution >= 0.6 is 45.9 Å². The molecular formula is C6HCl2N2S2. The van der Waals surface area contributed by atoms with E-state index in [1.54, 1.807) is 6.20 Å². The maximum absolute atomic E-state index is 5.79. The minimum Gasteiger partial charge on any atom is -0.233 e. The van der Waals surface area contributed by atoms with Gasteiger partial charge in [0.25, 0.3) is 0 Å². The third kappa shape index (κ3) is 1.47. The predicted molar refractivity (Wildman–Crippen MR) is 52.1 cm³/mol. The average Bonchev–Trinajstić information content (AvgIpc) is 2.58. The summed E-state index contributed by atoms with van der Waals surface area (Å²) in [6.07, 6.45) is 1.68. The summed E-state index contributed by atoms with van der Waals surface area (Å²) in [4.78, 5) is 9.51. The molecule has 12 heavy (non-hydrogen) atoms. The quantitative estimate of drug-likeness (QED) is 0.758. The minimum absolute atomic E-state index is 0.459. The molecule has 61 valence electrons. The van der Waals surface area contributed by atoms with Gasteiger partial charge in [0.1, 0.15) is 5.15 Å². The molecule has 2 rings (SSSR count). The number of hydrogen-bond acceptors (Lipinski definition) is 4. The van der Waals surface area contributed by atoms with Gasteiger partial charge in [-0.25, -0.2) is 9.97 Å². The van der Waals surface area contributed by atoms with Crippen molar-refractivity contribution in [2.24, 2.45) is 0 Å². The maximum atomic E-state index is 5.79. The summed E-state index contributed by atoms with van der Waals surface area (Å²) in [5, 5.41) is 0.459. The summed E-state index contributed by atoms with van der Waals surface area (Å²) < 4.78 is 0.509. The highest BCUT2D eigenvalue weighted by atomic mass is 35.5. The summed E-state index contributed by atoms with van der Waals surface area (Å²) in [6.45, 7) is 0. The van der Waals surface area contributed by atoms with Crippen LogP contribution in [0.5, 0.6) is 0 Å². The van der Waals surface area contributed by atoms with Crippen LogP contribution < -0.4 is 0 Å². The molecule has 0 unspecified atom stereocenters. The molecular weight excluding hydrogens is 235 g/mol. The van der Waals surface area contributed by atoms with Crippen LogP contribution in [-0.2, 0) is 0 Å². The summed E-state index contributed by atoms with van der Waals surface area (Å²) in [5.41, 5.74) is 2.70. The third-order valence-electron chi connectivity index (χ3n) is 1.18. The highest BCUT2D eigenvalue weighted by Crippen LogP contribution is 2.35. The lowest BCUT2D eigenvalue weighted by molar-refractivity contribution is 1.40. The van der Waals surface area contributed by atoms with Crippen LogP contribution in [0.2, 0.25) is 9.62 Å². The molecule has 0 fully saturated rings. The average molecular weight is 236 g/mol. The Morgan fingerprint density at radius 1 is 1.42 bits per heavy atom. The number of rotatable bonds is 1. The molecule has 0 aromatic carbocycles. The molecule has 2 nitrogen and oxygen atoms in total. The largest absolute Gasteiger partial charge is 0.233 e. The Bertz CT molecular complexity index is 396. The zero-order valence-corrected chi connectivity index (χ0v) is 8.69. The van der Waals surface area contributed by atoms with Crippen LogP contribution in [0.4, 0.5) is 0 Å². The van der Waals surface area contributed by atoms with Crippen LogP contribution in [0.3, 0.4) is 0 Å². The van der Waals surface area contributed by atoms with E-state index in [9.17, 15) is 0 Å². The van der Waals surface area contributed by atoms with E-state index in [0.717, 1.165) is 9.75 Å². The fourth-order valence-corrected chi connectivity index (χ4v) is 2.72. The van der Waals surface area contributed by atoms with Crippen LogP contribution in [0.25, 0.3) is 9.75 Å². The summed E-state index contributed by atoms with van der Waals surface area (Å²) in [6, 6.07) is 0. The number of nitrogens with zero attached hydrogens (tertiary/aromatic N) is 2. The molecule has 0 atom stereocenters. The van der Waals surface area contributed by atoms with Crippen LogP contribution in [0.1, 0.15) is 0 Å². The molecule has 2 heterocycles. The molecule has 2 aromatic rings. The first-order valence-electron chi connectivity index (χ1n) is 2.91. The Morgan fingerprint density at radius 3 is 2.75 bits per heavy atom. The second kappa shape index (κ2) is 3.30. The van der Waals surface area contributed by atoms with Gasteiger partial charge in [-0.05, 0) is 0 Å². The SMILES string of the molecule is Clc1ncc(-c2s[c]nc2Cl)s1. The zero-order valence-electron chi connectivity index (χ0n) is 5.54. The van der Waals surface area contributed by atoms with Crippen molar-refractivity contribution in [2.45, 2.75) is 0 Å². The summed E-state index contributed by atoms with van der Waals surface area (Å²) in [7, 11) is 0. The van der Waals surface area contributed by atoms with E-state index >= 15 is 0 Å². The standard InChI is InChI=1S/C6HCl2N2S2/c7-5-4(11-2-10-5)3-1-9-6(8)12-3/h1H. The number of aromatic nitrogens is 2. The normalized spacial score (nSPS) is 10.5. The minimum atomic E-state index is 0.459. The fourth-order valence-electron chi connectivity index (χ4n) is 0.711. The lowest BCUT2D eigenvalue weighted by Crippen LogP contribution is -1.65. The second-order valence-corrected chi connectivity index (χ2v) is 4.67. The summed E-state index contributed by atoms with van der Waals surface area (Å²) >= 11 is 14.2. The Balaban J connectivity index is 2.50. The molecule has 0 aliphatic rings. The third-order valence-corrected chi connectivity index (χ3v) is 3.63. The Labute approximate surface area is 86.8 Å². The van der Waals surface area contributed by atoms with E-state index in [2.05, 4.69) is 15.5 Å². The van der Waals surface area contributed by atoms with E-state index in [-0.39, 0.29) is 0 Å². The van der Waals surface area contributed by atoms with Gasteiger partial charge in [0.15, 0.2) is 9.98 Å². The van der Waals surface area contributed by atoms with Crippen LogP contribution in [0, 0.1) is 5.51 Å². The van der Waals surface area contributed by atoms with Crippen LogP contribution in [0.15, 0.2) is 6.20 Å². The van der Waals surface area contributed by atoms with E-state index < -0.39 is 0 Å². The lowest BCUT2D eigenvalue weighted by Gasteiger charge is -1.86. The van der Waals surface area contributed by atoms with Gasteiger partial charge in [0.05, 0.1) is 9.75 Å². The highest BCUT2D eigenvalue weighted by molar-refractivity contribution is 7.23. The topological polar surface area (TPSA) is 25.8 Å². The van der Waals surface area contributed by atoms with E-state index in [1.807, 2.05) is 0 Å². The molecule has 0 aliphatic heterocycles. The van der Waals surface area contributed by atoms with Crippen LogP contribution in [-0.4, -0.2) is 9.97 Å². The van der Waals surface area contributed by atoms with E-state index in [0.29, 0.717) is 9.62 Å². The van der Waals surface area contributed by atoms with E-state index in [1.165, 1.54) is 22.7 Å². The van der Waals surface area contributed by atoms with Gasteiger partial charge in [-0.3, -0.25) is 0 Å². The highest BCUT2D eigenvalue weighted by Gasteiger charge is 2.09. The van der Waals surface area contributed by atoms with Crippen molar-refractivity contribution in [3.05, 3.63) is 21.3 Å². The fraction of sp³-hybridized carbons (Fsp3) is 0. The van der Waals surface area contributed by atoms with Crippen molar-refractivity contribution in [3.8, 4) is 9.75 Å². The van der Waals surface area contributed by atoms with Gasteiger partial charge >= 0.3 is 0 Å². The second-order valence-electron chi connectivity index (χ2n) is 1.90. The first kappa shape index (κ1) is 8.44. The molecule has 0 saturated heterocycles. The van der Waals surface area contributed by atoms with Crippen molar-refractivity contribution in [1.82, 2.24) is 9.97 Å². The molecule has 0 amide bonds. The molecule has 0 bridgehead atoms. The van der Waals surface area contributed by atoms with Gasteiger partial charge in [-0.15, -0.1) is 22.7 Å². The Morgan fingerprint density at radius 2 is 2.25 bits per heavy atom. The lowest BCUT2D eigenvalue weighted by atomic mass is 10.5. The molecule has 0 N–H and O–H groups in total. The summed E-state index contributed by atoms with van der Waals surface area (Å²) in [5.74, 6) is 0. The maximum Gasteiger partial charge on any atom is 0.184 e. The molecule has 6 heteroatoms. The molecule has 0 saturated carbocycles.